The molecule has 2 atom stereocenters. The van der Waals surface area contributed by atoms with Crippen LogP contribution in [0.5, 0.6) is 5.75 Å². The number of anilines is 1. The van der Waals surface area contributed by atoms with Crippen molar-refractivity contribution in [3.8, 4) is 5.75 Å². The van der Waals surface area contributed by atoms with Crippen LogP contribution in [0.1, 0.15) is 31.4 Å². The first-order chi connectivity index (χ1) is 17.0. The summed E-state index contributed by atoms with van der Waals surface area (Å²) >= 11 is 0. The number of benzene rings is 3. The standard InChI is InChI=1S/C29H35N3O3/c1-4-22(2)27(31-29(34)30-25-16-11-17-26(20-25)35-3)28(33)32(21-24-14-9-6-10-15-24)19-18-23-12-7-5-8-13-23/h5-17,20,22,27H,4,18-19,21H2,1-3H3,(H2,30,31,34). The van der Waals surface area contributed by atoms with Gasteiger partial charge in [0.25, 0.3) is 0 Å². The Labute approximate surface area is 208 Å². The SMILES string of the molecule is CCC(C)C(NC(=O)Nc1cccc(OC)c1)C(=O)N(CCc1ccccc1)Cc1ccccc1. The van der Waals surface area contributed by atoms with Gasteiger partial charge in [-0.15, -0.1) is 0 Å². The van der Waals surface area contributed by atoms with Gasteiger partial charge in [-0.05, 0) is 35.6 Å². The number of hydrogen-bond donors (Lipinski definition) is 2. The number of amides is 3. The molecular weight excluding hydrogens is 438 g/mol. The Balaban J connectivity index is 1.76. The number of hydrogen-bond acceptors (Lipinski definition) is 3. The van der Waals surface area contributed by atoms with Crippen LogP contribution in [-0.2, 0) is 17.8 Å². The summed E-state index contributed by atoms with van der Waals surface area (Å²) in [7, 11) is 1.58. The number of rotatable bonds is 11. The van der Waals surface area contributed by atoms with Crippen molar-refractivity contribution >= 4 is 17.6 Å². The summed E-state index contributed by atoms with van der Waals surface area (Å²) < 4.78 is 5.23. The van der Waals surface area contributed by atoms with E-state index >= 15 is 0 Å². The van der Waals surface area contributed by atoms with Crippen molar-refractivity contribution < 1.29 is 14.3 Å². The minimum Gasteiger partial charge on any atom is -0.497 e. The fourth-order valence-electron chi connectivity index (χ4n) is 3.87. The van der Waals surface area contributed by atoms with Gasteiger partial charge in [0.05, 0.1) is 7.11 Å². The van der Waals surface area contributed by atoms with Crippen LogP contribution in [-0.4, -0.2) is 36.5 Å². The van der Waals surface area contributed by atoms with E-state index in [1.165, 1.54) is 5.56 Å². The lowest BCUT2D eigenvalue weighted by Crippen LogP contribution is -2.52. The van der Waals surface area contributed by atoms with Gasteiger partial charge in [0.2, 0.25) is 5.91 Å². The second-order valence-corrected chi connectivity index (χ2v) is 8.67. The number of carbonyl (C=O) groups is 2. The van der Waals surface area contributed by atoms with E-state index in [-0.39, 0.29) is 11.8 Å². The lowest BCUT2D eigenvalue weighted by Gasteiger charge is -2.31. The Morgan fingerprint density at radius 1 is 0.914 bits per heavy atom. The van der Waals surface area contributed by atoms with Crippen LogP contribution < -0.4 is 15.4 Å². The zero-order valence-electron chi connectivity index (χ0n) is 20.7. The molecule has 3 aromatic carbocycles. The van der Waals surface area contributed by atoms with Gasteiger partial charge in [-0.2, -0.15) is 0 Å². The molecule has 6 nitrogen and oxygen atoms in total. The van der Waals surface area contributed by atoms with Gasteiger partial charge < -0.3 is 20.3 Å². The average Bonchev–Trinajstić information content (AvgIpc) is 2.90. The minimum atomic E-state index is -0.648. The van der Waals surface area contributed by atoms with Crippen molar-refractivity contribution in [3.05, 3.63) is 96.1 Å². The Morgan fingerprint density at radius 3 is 2.20 bits per heavy atom. The van der Waals surface area contributed by atoms with Gasteiger partial charge in [-0.25, -0.2) is 4.79 Å². The topological polar surface area (TPSA) is 70.7 Å². The summed E-state index contributed by atoms with van der Waals surface area (Å²) in [5.74, 6) is 0.529. The number of urea groups is 1. The highest BCUT2D eigenvalue weighted by atomic mass is 16.5. The Kier molecular flexibility index (Phi) is 9.72. The second-order valence-electron chi connectivity index (χ2n) is 8.67. The molecule has 6 heteroatoms. The van der Waals surface area contributed by atoms with E-state index in [0.29, 0.717) is 24.5 Å². The Bertz CT molecular complexity index is 1070. The van der Waals surface area contributed by atoms with E-state index in [2.05, 4.69) is 22.8 Å². The molecule has 0 bridgehead atoms. The molecule has 3 aromatic rings. The molecule has 0 saturated carbocycles. The molecule has 0 radical (unpaired) electrons. The number of nitrogens with one attached hydrogen (secondary N) is 2. The molecule has 0 aliphatic carbocycles. The molecule has 2 unspecified atom stereocenters. The minimum absolute atomic E-state index is 0.0337. The smallest absolute Gasteiger partial charge is 0.319 e. The molecule has 0 heterocycles. The fourth-order valence-corrected chi connectivity index (χ4v) is 3.87. The molecular formula is C29H35N3O3. The summed E-state index contributed by atoms with van der Waals surface area (Å²) in [6.45, 7) is 5.06. The van der Waals surface area contributed by atoms with Gasteiger partial charge in [-0.1, -0.05) is 87.0 Å². The molecule has 184 valence electrons. The van der Waals surface area contributed by atoms with Crippen LogP contribution in [0.15, 0.2) is 84.9 Å². The molecule has 0 aliphatic heterocycles. The molecule has 3 amide bonds. The first-order valence-electron chi connectivity index (χ1n) is 12.1. The van der Waals surface area contributed by atoms with Crippen molar-refractivity contribution in [2.75, 3.05) is 19.0 Å². The van der Waals surface area contributed by atoms with Crippen molar-refractivity contribution in [1.29, 1.82) is 0 Å². The monoisotopic (exact) mass is 473 g/mol. The third-order valence-electron chi connectivity index (χ3n) is 6.13. The van der Waals surface area contributed by atoms with Crippen LogP contribution in [0.3, 0.4) is 0 Å². The van der Waals surface area contributed by atoms with Gasteiger partial charge in [-0.3, -0.25) is 4.79 Å². The maximum absolute atomic E-state index is 13.8. The predicted molar refractivity (Wildman–Crippen MR) is 140 cm³/mol. The summed E-state index contributed by atoms with van der Waals surface area (Å²) in [6, 6.07) is 26.1. The van der Waals surface area contributed by atoms with E-state index in [9.17, 15) is 9.59 Å². The Hall–Kier alpha value is -3.80. The summed E-state index contributed by atoms with van der Waals surface area (Å²) in [5, 5.41) is 5.76. The summed E-state index contributed by atoms with van der Waals surface area (Å²) in [5.41, 5.74) is 2.82. The molecule has 0 saturated heterocycles. The van der Waals surface area contributed by atoms with Gasteiger partial charge in [0, 0.05) is 24.8 Å². The van der Waals surface area contributed by atoms with Crippen molar-refractivity contribution in [1.82, 2.24) is 10.2 Å². The van der Waals surface area contributed by atoms with Crippen LogP contribution in [0.4, 0.5) is 10.5 Å². The van der Waals surface area contributed by atoms with Crippen molar-refractivity contribution in [2.24, 2.45) is 5.92 Å². The third kappa shape index (κ3) is 7.88. The van der Waals surface area contributed by atoms with E-state index < -0.39 is 12.1 Å². The molecule has 0 spiro atoms. The van der Waals surface area contributed by atoms with Crippen LogP contribution in [0.2, 0.25) is 0 Å². The fraction of sp³-hybridized carbons (Fsp3) is 0.310. The molecule has 0 aliphatic rings. The molecule has 0 fully saturated rings. The maximum Gasteiger partial charge on any atom is 0.319 e. The highest BCUT2D eigenvalue weighted by Crippen LogP contribution is 2.18. The van der Waals surface area contributed by atoms with E-state index in [0.717, 1.165) is 18.4 Å². The Morgan fingerprint density at radius 2 is 1.57 bits per heavy atom. The lowest BCUT2D eigenvalue weighted by molar-refractivity contribution is -0.135. The maximum atomic E-state index is 13.8. The first-order valence-corrected chi connectivity index (χ1v) is 12.1. The summed E-state index contributed by atoms with van der Waals surface area (Å²) in [6.07, 6.45) is 1.50. The number of carbonyl (C=O) groups excluding carboxylic acids is 2. The number of methoxy groups -OCH3 is 1. The van der Waals surface area contributed by atoms with E-state index in [1.807, 2.05) is 73.3 Å². The van der Waals surface area contributed by atoms with Gasteiger partial charge in [0.1, 0.15) is 11.8 Å². The van der Waals surface area contributed by atoms with Gasteiger partial charge in [0.15, 0.2) is 0 Å². The van der Waals surface area contributed by atoms with Crippen LogP contribution in [0, 0.1) is 5.92 Å². The largest absolute Gasteiger partial charge is 0.497 e. The van der Waals surface area contributed by atoms with Gasteiger partial charge >= 0.3 is 6.03 Å². The van der Waals surface area contributed by atoms with E-state index in [1.54, 1.807) is 25.3 Å². The van der Waals surface area contributed by atoms with Crippen LogP contribution in [0.25, 0.3) is 0 Å². The van der Waals surface area contributed by atoms with Crippen LogP contribution >= 0.6 is 0 Å². The predicted octanol–water partition coefficient (Wildman–Crippen LogP) is 5.50. The molecule has 2 N–H and O–H groups in total. The average molecular weight is 474 g/mol. The third-order valence-corrected chi connectivity index (χ3v) is 6.13. The molecule has 0 aromatic heterocycles. The summed E-state index contributed by atoms with van der Waals surface area (Å²) in [4.78, 5) is 28.5. The van der Waals surface area contributed by atoms with Crippen molar-refractivity contribution in [3.63, 3.8) is 0 Å². The number of nitrogens with zero attached hydrogens (tertiary/aromatic N) is 1. The second kappa shape index (κ2) is 13.2. The lowest BCUT2D eigenvalue weighted by atomic mass is 9.97. The van der Waals surface area contributed by atoms with Crippen molar-refractivity contribution in [2.45, 2.75) is 39.3 Å². The zero-order valence-corrected chi connectivity index (χ0v) is 20.7. The normalized spacial score (nSPS) is 12.3. The molecule has 35 heavy (non-hydrogen) atoms. The highest BCUT2D eigenvalue weighted by molar-refractivity contribution is 5.94. The quantitative estimate of drug-likeness (QED) is 0.386. The zero-order chi connectivity index (χ0) is 25.0. The van der Waals surface area contributed by atoms with E-state index in [4.69, 9.17) is 4.74 Å². The number of ether oxygens (including phenoxy) is 1. The molecule has 3 rings (SSSR count). The highest BCUT2D eigenvalue weighted by Gasteiger charge is 2.30. The first kappa shape index (κ1) is 25.8.